The van der Waals surface area contributed by atoms with Crippen molar-refractivity contribution < 1.29 is 10.0 Å². The molecule has 1 N–H and O–H groups in total. The van der Waals surface area contributed by atoms with Gasteiger partial charge in [0.15, 0.2) is 0 Å². The molecule has 0 saturated heterocycles. The molecule has 0 spiro atoms. The summed E-state index contributed by atoms with van der Waals surface area (Å²) < 4.78 is 2.80. The van der Waals surface area contributed by atoms with Gasteiger partial charge >= 0.3 is 0 Å². The number of aromatic nitrogens is 2. The zero-order valence-electron chi connectivity index (χ0n) is 15.8. The predicted molar refractivity (Wildman–Crippen MR) is 119 cm³/mol. The van der Waals surface area contributed by atoms with Gasteiger partial charge in [0.1, 0.15) is 5.36 Å². The number of hydrogen-bond acceptors (Lipinski definition) is 2. The van der Waals surface area contributed by atoms with E-state index in [2.05, 4.69) is 15.8 Å². The molecule has 30 heavy (non-hydrogen) atoms. The van der Waals surface area contributed by atoms with Crippen LogP contribution >= 0.6 is 34.8 Å². The van der Waals surface area contributed by atoms with Crippen molar-refractivity contribution in [2.24, 2.45) is 4.99 Å². The van der Waals surface area contributed by atoms with Gasteiger partial charge in [-0.1, -0.05) is 53.0 Å². The van der Waals surface area contributed by atoms with Crippen molar-refractivity contribution in [1.29, 1.82) is 0 Å². The van der Waals surface area contributed by atoms with Crippen LogP contribution in [0.15, 0.2) is 66.0 Å². The third-order valence-electron chi connectivity index (χ3n) is 4.75. The van der Waals surface area contributed by atoms with Crippen molar-refractivity contribution in [3.63, 3.8) is 0 Å². The van der Waals surface area contributed by atoms with E-state index in [4.69, 9.17) is 34.8 Å². The van der Waals surface area contributed by atoms with Crippen LogP contribution in [0, 0.1) is 6.92 Å². The number of aryl methyl sites for hydroxylation is 1. The van der Waals surface area contributed by atoms with Crippen molar-refractivity contribution in [3.05, 3.63) is 98.2 Å². The number of amides is 1. The summed E-state index contributed by atoms with van der Waals surface area (Å²) in [4.78, 5) is 16.8. The van der Waals surface area contributed by atoms with Crippen LogP contribution in [-0.2, 0) is 6.54 Å². The number of benzene rings is 2. The van der Waals surface area contributed by atoms with Gasteiger partial charge in [0, 0.05) is 34.2 Å². The molecule has 4 rings (SSSR count). The molecule has 1 amide bonds. The van der Waals surface area contributed by atoms with Crippen molar-refractivity contribution >= 4 is 51.6 Å². The van der Waals surface area contributed by atoms with Gasteiger partial charge in [0.05, 0.1) is 22.4 Å². The Morgan fingerprint density at radius 3 is 2.33 bits per heavy atom. The molecular weight excluding hydrogens is 445 g/mol. The first-order chi connectivity index (χ1) is 14.3. The quantitative estimate of drug-likeness (QED) is 0.396. The summed E-state index contributed by atoms with van der Waals surface area (Å²) in [6, 6.07) is 13.1. The van der Waals surface area contributed by atoms with Crippen molar-refractivity contribution in [3.8, 4) is 0 Å². The first kappa shape index (κ1) is 20.5. The van der Waals surface area contributed by atoms with Gasteiger partial charge in [0.2, 0.25) is 0 Å². The Morgan fingerprint density at radius 2 is 1.67 bits per heavy atom. The van der Waals surface area contributed by atoms with Gasteiger partial charge in [-0.2, -0.15) is 4.73 Å². The second kappa shape index (κ2) is 8.19. The number of hydrogen-bond donors (Lipinski definition) is 1. The van der Waals surface area contributed by atoms with Crippen molar-refractivity contribution in [2.45, 2.75) is 13.5 Å². The molecule has 0 aliphatic heterocycles. The molecule has 0 aliphatic rings. The topological polar surface area (TPSA) is 59.5 Å². The highest BCUT2D eigenvalue weighted by molar-refractivity contribution is 6.34. The van der Waals surface area contributed by atoms with E-state index in [0.29, 0.717) is 21.9 Å². The third-order valence-corrected chi connectivity index (χ3v) is 5.56. The number of carbonyl (C=O) groups is 1. The highest BCUT2D eigenvalue weighted by Gasteiger charge is 2.12. The smallest absolute Gasteiger partial charge is 0.277 e. The molecule has 2 aromatic heterocycles. The molecular formula is C22H16Cl3N3O2. The highest BCUT2D eigenvalue weighted by Crippen LogP contribution is 2.24. The van der Waals surface area contributed by atoms with E-state index >= 15 is 0 Å². The number of carbonyl (C=O) groups excluding carboxylic acids is 1. The summed E-state index contributed by atoms with van der Waals surface area (Å²) in [6.45, 7) is 2.67. The Kier molecular flexibility index (Phi) is 5.60. The molecule has 0 fully saturated rings. The Labute approximate surface area is 187 Å². The van der Waals surface area contributed by atoms with Gasteiger partial charge < -0.3 is 9.77 Å². The molecule has 0 unspecified atom stereocenters. The van der Waals surface area contributed by atoms with E-state index in [1.807, 2.05) is 37.3 Å². The maximum Gasteiger partial charge on any atom is 0.277 e. The van der Waals surface area contributed by atoms with E-state index in [-0.39, 0.29) is 15.4 Å². The molecule has 0 atom stereocenters. The number of halogens is 3. The summed E-state index contributed by atoms with van der Waals surface area (Å²) in [5.41, 5.74) is 3.53. The molecule has 4 aromatic rings. The second-order valence-corrected chi connectivity index (χ2v) is 8.15. The van der Waals surface area contributed by atoms with Gasteiger partial charge in [-0.05, 0) is 42.3 Å². The van der Waals surface area contributed by atoms with E-state index in [1.165, 1.54) is 12.4 Å². The molecule has 5 nitrogen and oxygen atoms in total. The standard InChI is InChI=1S/C22H16Cl3N3O2/c1-13-9-27(10-14-2-5-16(23)6-3-14)20-8-15(4-7-17(13)20)22(29)26-21-18(24)11-28(30)12-19(21)25/h2-9,11-12,30H,10H2,1H3. The average Bonchev–Trinajstić information content (AvgIpc) is 3.01. The van der Waals surface area contributed by atoms with E-state index in [9.17, 15) is 10.0 Å². The van der Waals surface area contributed by atoms with Crippen molar-refractivity contribution in [2.75, 3.05) is 0 Å². The minimum Gasteiger partial charge on any atom is -0.429 e. The Morgan fingerprint density at radius 1 is 1.00 bits per heavy atom. The SMILES string of the molecule is Cc1cn(Cc2ccc(Cl)cc2)c2cc(C(=O)N=c3c(Cl)cn(O)cc3Cl)ccc12. The fourth-order valence-corrected chi connectivity index (χ4v) is 3.97. The van der Waals surface area contributed by atoms with E-state index in [0.717, 1.165) is 22.0 Å². The van der Waals surface area contributed by atoms with E-state index < -0.39 is 5.91 Å². The lowest BCUT2D eigenvalue weighted by atomic mass is 10.1. The van der Waals surface area contributed by atoms with Crippen LogP contribution in [-0.4, -0.2) is 20.4 Å². The van der Waals surface area contributed by atoms with Gasteiger partial charge in [0.25, 0.3) is 5.91 Å². The van der Waals surface area contributed by atoms with Gasteiger partial charge in [-0.25, -0.2) is 4.99 Å². The summed E-state index contributed by atoms with van der Waals surface area (Å²) in [7, 11) is 0. The second-order valence-electron chi connectivity index (χ2n) is 6.90. The molecule has 0 aliphatic carbocycles. The lowest BCUT2D eigenvalue weighted by molar-refractivity contribution is 0.0998. The van der Waals surface area contributed by atoms with Crippen LogP contribution < -0.4 is 5.36 Å². The number of fused-ring (bicyclic) bond motifs is 1. The van der Waals surface area contributed by atoms with Crippen LogP contribution in [0.4, 0.5) is 0 Å². The molecule has 2 aromatic carbocycles. The molecule has 0 bridgehead atoms. The van der Waals surface area contributed by atoms with Gasteiger partial charge in [-0.15, -0.1) is 0 Å². The summed E-state index contributed by atoms with van der Waals surface area (Å²) in [5, 5.41) is 11.5. The summed E-state index contributed by atoms with van der Waals surface area (Å²) >= 11 is 18.1. The van der Waals surface area contributed by atoms with E-state index in [1.54, 1.807) is 12.1 Å². The predicted octanol–water partition coefficient (Wildman–Crippen LogP) is 5.74. The number of rotatable bonds is 3. The first-order valence-corrected chi connectivity index (χ1v) is 10.1. The zero-order valence-corrected chi connectivity index (χ0v) is 18.1. The van der Waals surface area contributed by atoms with Crippen LogP contribution in [0.25, 0.3) is 10.9 Å². The maximum atomic E-state index is 12.8. The van der Waals surface area contributed by atoms with Crippen molar-refractivity contribution in [1.82, 2.24) is 9.30 Å². The average molecular weight is 461 g/mol. The Balaban J connectivity index is 1.75. The lowest BCUT2D eigenvalue weighted by Gasteiger charge is -2.07. The third kappa shape index (κ3) is 4.10. The highest BCUT2D eigenvalue weighted by atomic mass is 35.5. The van der Waals surface area contributed by atoms with Gasteiger partial charge in [-0.3, -0.25) is 4.79 Å². The minimum atomic E-state index is -0.478. The van der Waals surface area contributed by atoms with Crippen LogP contribution in [0.1, 0.15) is 21.5 Å². The largest absolute Gasteiger partial charge is 0.429 e. The zero-order chi connectivity index (χ0) is 21.4. The monoisotopic (exact) mass is 459 g/mol. The molecule has 152 valence electrons. The van der Waals surface area contributed by atoms with Crippen LogP contribution in [0.2, 0.25) is 15.1 Å². The summed E-state index contributed by atoms with van der Waals surface area (Å²) in [6.07, 6.45) is 4.47. The Hall–Kier alpha value is -2.73. The molecule has 8 heteroatoms. The molecule has 2 heterocycles. The Bertz CT molecular complexity index is 1310. The van der Waals surface area contributed by atoms with Crippen LogP contribution in [0.3, 0.4) is 0 Å². The first-order valence-electron chi connectivity index (χ1n) is 9.01. The van der Waals surface area contributed by atoms with Crippen LogP contribution in [0.5, 0.6) is 0 Å². The molecule has 0 saturated carbocycles. The number of pyridine rings is 1. The number of nitrogens with zero attached hydrogens (tertiary/aromatic N) is 3. The maximum absolute atomic E-state index is 12.8. The normalized spacial score (nSPS) is 11.1. The molecule has 0 radical (unpaired) electrons. The fraction of sp³-hybridized carbons (Fsp3) is 0.0909. The lowest BCUT2D eigenvalue weighted by Crippen LogP contribution is -2.12. The minimum absolute atomic E-state index is 0.0707. The fourth-order valence-electron chi connectivity index (χ4n) is 3.30. The summed E-state index contributed by atoms with van der Waals surface area (Å²) in [5.74, 6) is -0.478.